The van der Waals surface area contributed by atoms with Crippen LogP contribution in [-0.2, 0) is 4.79 Å². The number of halogens is 2. The minimum atomic E-state index is -2.85. The van der Waals surface area contributed by atoms with Gasteiger partial charge < -0.3 is 10.1 Å². The van der Waals surface area contributed by atoms with E-state index in [1.54, 1.807) is 28.8 Å². The second kappa shape index (κ2) is 8.65. The Kier molecular flexibility index (Phi) is 5.73. The standard InChI is InChI=1S/C25H25F2N5O4/c1-3-36-23-29-18-9-4-15(2)28-20(18)32(23)17-7-5-16(6-8-17)19(33)14-31-21(34)24(30-22(31)35)10-12-25(26,27)13-11-24/h4-9H,3,10-14H2,1-2H3,(H,30,35). The van der Waals surface area contributed by atoms with Crippen LogP contribution >= 0.6 is 0 Å². The summed E-state index contributed by atoms with van der Waals surface area (Å²) in [4.78, 5) is 48.2. The number of carbonyl (C=O) groups is 3. The van der Waals surface area contributed by atoms with Crippen molar-refractivity contribution in [3.05, 3.63) is 47.7 Å². The molecule has 1 spiro atoms. The van der Waals surface area contributed by atoms with E-state index in [0.717, 1.165) is 10.6 Å². The number of ether oxygens (including phenoxy) is 1. The van der Waals surface area contributed by atoms with Crippen LogP contribution in [0.1, 0.15) is 48.7 Å². The summed E-state index contributed by atoms with van der Waals surface area (Å²) in [6.45, 7) is 3.66. The molecule has 5 rings (SSSR count). The molecule has 3 amide bonds. The lowest BCUT2D eigenvalue weighted by atomic mass is 9.80. The number of Topliss-reactive ketones (excluding diaryl/α,β-unsaturated/α-hetero) is 1. The fourth-order valence-electron chi connectivity index (χ4n) is 4.72. The maximum Gasteiger partial charge on any atom is 0.325 e. The van der Waals surface area contributed by atoms with Crippen molar-refractivity contribution in [3.8, 4) is 11.7 Å². The maximum atomic E-state index is 13.6. The lowest BCUT2D eigenvalue weighted by Crippen LogP contribution is -2.51. The molecule has 2 aromatic heterocycles. The minimum Gasteiger partial charge on any atom is -0.465 e. The zero-order chi connectivity index (χ0) is 25.7. The predicted octanol–water partition coefficient (Wildman–Crippen LogP) is 3.81. The van der Waals surface area contributed by atoms with Crippen molar-refractivity contribution >= 4 is 28.9 Å². The predicted molar refractivity (Wildman–Crippen MR) is 125 cm³/mol. The molecule has 1 saturated heterocycles. The molecular weight excluding hydrogens is 472 g/mol. The summed E-state index contributed by atoms with van der Waals surface area (Å²) in [7, 11) is 0. The van der Waals surface area contributed by atoms with Crippen LogP contribution in [0.4, 0.5) is 13.6 Å². The van der Waals surface area contributed by atoms with Gasteiger partial charge in [-0.25, -0.2) is 23.1 Å². The van der Waals surface area contributed by atoms with E-state index in [-0.39, 0.29) is 12.8 Å². The Labute approximate surface area is 205 Å². The molecule has 36 heavy (non-hydrogen) atoms. The normalized spacial score (nSPS) is 18.6. The molecule has 0 atom stereocenters. The molecule has 1 aliphatic carbocycles. The Bertz CT molecular complexity index is 1360. The highest BCUT2D eigenvalue weighted by molar-refractivity contribution is 6.11. The topological polar surface area (TPSA) is 106 Å². The lowest BCUT2D eigenvalue weighted by Gasteiger charge is -2.34. The number of aryl methyl sites for hydroxylation is 1. The number of pyridine rings is 1. The third-order valence-electron chi connectivity index (χ3n) is 6.72. The number of carbonyl (C=O) groups excluding carboxylic acids is 3. The third-order valence-corrected chi connectivity index (χ3v) is 6.72. The number of alkyl halides is 2. The van der Waals surface area contributed by atoms with Gasteiger partial charge in [-0.3, -0.25) is 14.5 Å². The Morgan fingerprint density at radius 3 is 2.42 bits per heavy atom. The van der Waals surface area contributed by atoms with Crippen molar-refractivity contribution in [2.75, 3.05) is 13.2 Å². The van der Waals surface area contributed by atoms with Crippen LogP contribution in [0.25, 0.3) is 16.9 Å². The number of imide groups is 1. The van der Waals surface area contributed by atoms with Crippen LogP contribution in [0, 0.1) is 6.92 Å². The Hall–Kier alpha value is -3.89. The van der Waals surface area contributed by atoms with Gasteiger partial charge in [-0.05, 0) is 63.1 Å². The highest BCUT2D eigenvalue weighted by Gasteiger charge is 2.55. The number of aromatic nitrogens is 3. The van der Waals surface area contributed by atoms with Crippen molar-refractivity contribution in [3.63, 3.8) is 0 Å². The molecule has 1 aliphatic heterocycles. The Morgan fingerprint density at radius 2 is 1.75 bits per heavy atom. The van der Waals surface area contributed by atoms with Crippen molar-refractivity contribution < 1.29 is 27.9 Å². The molecule has 1 N–H and O–H groups in total. The smallest absolute Gasteiger partial charge is 0.325 e. The number of rotatable bonds is 6. The highest BCUT2D eigenvalue weighted by Crippen LogP contribution is 2.41. The number of fused-ring (bicyclic) bond motifs is 1. The van der Waals surface area contributed by atoms with Crippen LogP contribution in [0.2, 0.25) is 0 Å². The van der Waals surface area contributed by atoms with E-state index in [0.29, 0.717) is 35.0 Å². The van der Waals surface area contributed by atoms with Crippen molar-refractivity contribution in [1.82, 2.24) is 24.8 Å². The van der Waals surface area contributed by atoms with Crippen molar-refractivity contribution in [1.29, 1.82) is 0 Å². The van der Waals surface area contributed by atoms with Crippen LogP contribution in [0.5, 0.6) is 6.01 Å². The zero-order valence-electron chi connectivity index (χ0n) is 19.9. The first-order valence-corrected chi connectivity index (χ1v) is 11.8. The average Bonchev–Trinajstić information content (AvgIpc) is 3.31. The quantitative estimate of drug-likeness (QED) is 0.410. The van der Waals surface area contributed by atoms with E-state index in [2.05, 4.69) is 15.3 Å². The first-order chi connectivity index (χ1) is 17.1. The number of amides is 3. The van der Waals surface area contributed by atoms with Gasteiger partial charge in [0.25, 0.3) is 5.91 Å². The first-order valence-electron chi connectivity index (χ1n) is 11.8. The summed E-state index contributed by atoms with van der Waals surface area (Å²) in [5, 5.41) is 2.55. The monoisotopic (exact) mass is 497 g/mol. The van der Waals surface area contributed by atoms with Gasteiger partial charge >= 0.3 is 12.0 Å². The molecule has 9 nitrogen and oxygen atoms in total. The van der Waals surface area contributed by atoms with E-state index in [4.69, 9.17) is 4.74 Å². The van der Waals surface area contributed by atoms with Crippen molar-refractivity contribution in [2.24, 2.45) is 0 Å². The molecule has 1 saturated carbocycles. The molecule has 3 heterocycles. The second-order valence-corrected chi connectivity index (χ2v) is 9.19. The van der Waals surface area contributed by atoms with Gasteiger partial charge in [-0.1, -0.05) is 0 Å². The number of benzene rings is 1. The fourth-order valence-corrected chi connectivity index (χ4v) is 4.72. The summed E-state index contributed by atoms with van der Waals surface area (Å²) in [5.74, 6) is -3.92. The largest absolute Gasteiger partial charge is 0.465 e. The highest BCUT2D eigenvalue weighted by atomic mass is 19.3. The number of hydrogen-bond donors (Lipinski definition) is 1. The maximum absolute atomic E-state index is 13.6. The average molecular weight is 498 g/mol. The molecule has 2 fully saturated rings. The van der Waals surface area contributed by atoms with E-state index in [9.17, 15) is 23.2 Å². The van der Waals surface area contributed by atoms with Gasteiger partial charge in [0.1, 0.15) is 11.1 Å². The molecule has 2 aliphatic rings. The zero-order valence-corrected chi connectivity index (χ0v) is 19.9. The van der Waals surface area contributed by atoms with Gasteiger partial charge in [-0.15, -0.1) is 0 Å². The lowest BCUT2D eigenvalue weighted by molar-refractivity contribution is -0.135. The molecule has 188 valence electrons. The summed E-state index contributed by atoms with van der Waals surface area (Å²) in [6.07, 6.45) is -1.27. The number of nitrogens with zero attached hydrogens (tertiary/aromatic N) is 4. The Morgan fingerprint density at radius 1 is 1.06 bits per heavy atom. The molecule has 0 bridgehead atoms. The molecule has 11 heteroatoms. The third kappa shape index (κ3) is 4.08. The van der Waals surface area contributed by atoms with Crippen LogP contribution in [-0.4, -0.2) is 61.8 Å². The Balaban J connectivity index is 1.36. The number of hydrogen-bond acceptors (Lipinski definition) is 6. The summed E-state index contributed by atoms with van der Waals surface area (Å²) in [5.41, 5.74) is 1.70. The van der Waals surface area contributed by atoms with Crippen LogP contribution < -0.4 is 10.1 Å². The summed E-state index contributed by atoms with van der Waals surface area (Å²) < 4.78 is 34.6. The molecule has 0 unspecified atom stereocenters. The number of ketones is 1. The van der Waals surface area contributed by atoms with Gasteiger partial charge in [0.2, 0.25) is 5.92 Å². The van der Waals surface area contributed by atoms with Gasteiger partial charge in [-0.2, -0.15) is 4.98 Å². The fraction of sp³-hybridized carbons (Fsp3) is 0.400. The minimum absolute atomic E-state index is 0.154. The number of imidazole rings is 1. The SMILES string of the molecule is CCOc1nc2ccc(C)nc2n1-c1ccc(C(=O)CN2C(=O)NC3(CCC(F)(F)CC3)C2=O)cc1. The summed E-state index contributed by atoms with van der Waals surface area (Å²) >= 11 is 0. The molecular formula is C25H25F2N5O4. The molecule has 1 aromatic carbocycles. The number of nitrogens with one attached hydrogen (secondary N) is 1. The first kappa shape index (κ1) is 23.8. The van der Waals surface area contributed by atoms with E-state index >= 15 is 0 Å². The molecule has 3 aromatic rings. The van der Waals surface area contributed by atoms with E-state index < -0.39 is 48.6 Å². The van der Waals surface area contributed by atoms with Crippen molar-refractivity contribution in [2.45, 2.75) is 51.0 Å². The molecule has 0 radical (unpaired) electrons. The number of urea groups is 1. The van der Waals surface area contributed by atoms with Gasteiger partial charge in [0.05, 0.1) is 18.8 Å². The van der Waals surface area contributed by atoms with Gasteiger partial charge in [0.15, 0.2) is 11.4 Å². The van der Waals surface area contributed by atoms with Crippen LogP contribution in [0.15, 0.2) is 36.4 Å². The second-order valence-electron chi connectivity index (χ2n) is 9.19. The van der Waals surface area contributed by atoms with Gasteiger partial charge in [0, 0.05) is 24.1 Å². The van der Waals surface area contributed by atoms with E-state index in [1.165, 1.54) is 0 Å². The van der Waals surface area contributed by atoms with E-state index in [1.807, 2.05) is 26.0 Å². The van der Waals surface area contributed by atoms with Crippen LogP contribution in [0.3, 0.4) is 0 Å². The summed E-state index contributed by atoms with van der Waals surface area (Å²) in [6, 6.07) is 9.93.